The summed E-state index contributed by atoms with van der Waals surface area (Å²) in [5, 5.41) is 3.64. The Morgan fingerprint density at radius 2 is 2.05 bits per heavy atom. The van der Waals surface area contributed by atoms with Crippen molar-refractivity contribution < 1.29 is 9.53 Å². The van der Waals surface area contributed by atoms with Crippen LogP contribution < -0.4 is 5.32 Å². The highest BCUT2D eigenvalue weighted by Crippen LogP contribution is 2.26. The van der Waals surface area contributed by atoms with Crippen molar-refractivity contribution >= 4 is 17.3 Å². The first-order valence-electron chi connectivity index (χ1n) is 7.56. The number of carbonyl (C=O) groups excluding carboxylic acids is 1. The van der Waals surface area contributed by atoms with Gasteiger partial charge in [-0.2, -0.15) is 0 Å². The van der Waals surface area contributed by atoms with E-state index in [1.807, 2.05) is 18.3 Å². The number of nitrogens with one attached hydrogen (secondary N) is 1. The van der Waals surface area contributed by atoms with Crippen molar-refractivity contribution in [2.24, 2.45) is 5.92 Å². The molecule has 0 spiro atoms. The molecule has 4 heteroatoms. The maximum Gasteiger partial charge on any atom is 0.308 e. The van der Waals surface area contributed by atoms with Crippen molar-refractivity contribution in [2.45, 2.75) is 59.0 Å². The van der Waals surface area contributed by atoms with E-state index in [0.29, 0.717) is 12.6 Å². The Morgan fingerprint density at radius 1 is 1.35 bits per heavy atom. The van der Waals surface area contributed by atoms with Crippen molar-refractivity contribution in [3.63, 3.8) is 0 Å². The maximum atomic E-state index is 11.7. The van der Waals surface area contributed by atoms with Crippen LogP contribution in [0.25, 0.3) is 0 Å². The normalized spacial score (nSPS) is 22.8. The summed E-state index contributed by atoms with van der Waals surface area (Å²) in [7, 11) is 0. The van der Waals surface area contributed by atoms with Gasteiger partial charge >= 0.3 is 5.97 Å². The smallest absolute Gasteiger partial charge is 0.308 e. The topological polar surface area (TPSA) is 38.3 Å². The third-order valence-electron chi connectivity index (χ3n) is 4.07. The summed E-state index contributed by atoms with van der Waals surface area (Å²) in [5.41, 5.74) is 1.42. The summed E-state index contributed by atoms with van der Waals surface area (Å²) in [4.78, 5) is 14.5. The molecule has 0 amide bonds. The van der Waals surface area contributed by atoms with Gasteiger partial charge in [-0.1, -0.05) is 0 Å². The van der Waals surface area contributed by atoms with E-state index in [0.717, 1.165) is 32.2 Å². The molecular weight excluding hydrogens is 270 g/mol. The van der Waals surface area contributed by atoms with Gasteiger partial charge in [0.1, 0.15) is 0 Å². The molecule has 0 aliphatic heterocycles. The Balaban J connectivity index is 1.74. The van der Waals surface area contributed by atoms with Crippen LogP contribution in [0.1, 0.15) is 47.9 Å². The van der Waals surface area contributed by atoms with E-state index in [1.165, 1.54) is 15.3 Å². The molecule has 1 aliphatic carbocycles. The van der Waals surface area contributed by atoms with Crippen molar-refractivity contribution in [2.75, 3.05) is 6.61 Å². The number of esters is 1. The van der Waals surface area contributed by atoms with E-state index in [1.54, 1.807) is 0 Å². The van der Waals surface area contributed by atoms with Crippen LogP contribution in [0.15, 0.2) is 6.07 Å². The first-order chi connectivity index (χ1) is 9.60. The molecule has 1 aliphatic rings. The fourth-order valence-corrected chi connectivity index (χ4v) is 3.85. The summed E-state index contributed by atoms with van der Waals surface area (Å²) < 4.78 is 5.11. The number of ether oxygens (including phenoxy) is 1. The Kier molecular flexibility index (Phi) is 5.61. The first-order valence-corrected chi connectivity index (χ1v) is 8.37. The molecule has 2 rings (SSSR count). The number of hydrogen-bond acceptors (Lipinski definition) is 4. The molecule has 1 fully saturated rings. The van der Waals surface area contributed by atoms with Crippen molar-refractivity contribution in [3.8, 4) is 0 Å². The van der Waals surface area contributed by atoms with E-state index >= 15 is 0 Å². The monoisotopic (exact) mass is 295 g/mol. The molecule has 0 atom stereocenters. The lowest BCUT2D eigenvalue weighted by Crippen LogP contribution is -2.35. The predicted octanol–water partition coefficient (Wildman–Crippen LogP) is 3.58. The molecule has 20 heavy (non-hydrogen) atoms. The van der Waals surface area contributed by atoms with Crippen molar-refractivity contribution in [1.29, 1.82) is 0 Å². The van der Waals surface area contributed by atoms with E-state index in [9.17, 15) is 4.79 Å². The van der Waals surface area contributed by atoms with Gasteiger partial charge in [-0.25, -0.2) is 0 Å². The first kappa shape index (κ1) is 15.5. The summed E-state index contributed by atoms with van der Waals surface area (Å²) in [6, 6.07) is 2.82. The SMILES string of the molecule is CCOC(=O)C1CCC(NCc2cc(C)sc2C)CC1. The van der Waals surface area contributed by atoms with Gasteiger partial charge in [0.2, 0.25) is 0 Å². The Bertz CT molecular complexity index is 447. The zero-order valence-electron chi connectivity index (χ0n) is 12.7. The molecule has 1 saturated carbocycles. The van der Waals surface area contributed by atoms with Crippen LogP contribution in [-0.4, -0.2) is 18.6 Å². The van der Waals surface area contributed by atoms with Gasteiger partial charge in [0.05, 0.1) is 12.5 Å². The van der Waals surface area contributed by atoms with Gasteiger partial charge in [0.15, 0.2) is 0 Å². The number of aryl methyl sites for hydroxylation is 2. The zero-order chi connectivity index (χ0) is 14.5. The van der Waals surface area contributed by atoms with Crippen LogP contribution in [0, 0.1) is 19.8 Å². The van der Waals surface area contributed by atoms with Gasteiger partial charge in [-0.05, 0) is 58.1 Å². The molecule has 1 aromatic rings. The highest BCUT2D eigenvalue weighted by molar-refractivity contribution is 7.12. The fourth-order valence-electron chi connectivity index (χ4n) is 2.91. The highest BCUT2D eigenvalue weighted by atomic mass is 32.1. The average Bonchev–Trinajstić information content (AvgIpc) is 2.75. The van der Waals surface area contributed by atoms with E-state index in [4.69, 9.17) is 4.74 Å². The number of carbonyl (C=O) groups is 1. The molecule has 0 bridgehead atoms. The minimum Gasteiger partial charge on any atom is -0.466 e. The minimum absolute atomic E-state index is 0.00439. The largest absolute Gasteiger partial charge is 0.466 e. The summed E-state index contributed by atoms with van der Waals surface area (Å²) in [6.07, 6.45) is 4.06. The van der Waals surface area contributed by atoms with Crippen LogP contribution in [0.5, 0.6) is 0 Å². The Morgan fingerprint density at radius 3 is 2.60 bits per heavy atom. The lowest BCUT2D eigenvalue weighted by Gasteiger charge is -2.28. The zero-order valence-corrected chi connectivity index (χ0v) is 13.5. The Hall–Kier alpha value is -0.870. The molecule has 1 aromatic heterocycles. The van der Waals surface area contributed by atoms with Gasteiger partial charge in [0.25, 0.3) is 0 Å². The van der Waals surface area contributed by atoms with Crippen LogP contribution >= 0.6 is 11.3 Å². The number of thiophene rings is 1. The predicted molar refractivity (Wildman–Crippen MR) is 83.0 cm³/mol. The lowest BCUT2D eigenvalue weighted by atomic mass is 9.86. The molecule has 0 unspecified atom stereocenters. The molecule has 1 heterocycles. The average molecular weight is 295 g/mol. The second-order valence-electron chi connectivity index (χ2n) is 5.62. The molecule has 3 nitrogen and oxygen atoms in total. The van der Waals surface area contributed by atoms with Crippen molar-refractivity contribution in [3.05, 3.63) is 21.4 Å². The second kappa shape index (κ2) is 7.23. The fraction of sp³-hybridized carbons (Fsp3) is 0.688. The van der Waals surface area contributed by atoms with Crippen LogP contribution in [0.3, 0.4) is 0 Å². The second-order valence-corrected chi connectivity index (χ2v) is 7.08. The molecule has 0 aromatic carbocycles. The highest BCUT2D eigenvalue weighted by Gasteiger charge is 2.26. The van der Waals surface area contributed by atoms with E-state index < -0.39 is 0 Å². The molecular formula is C16H25NO2S. The van der Waals surface area contributed by atoms with E-state index in [2.05, 4.69) is 25.2 Å². The molecule has 112 valence electrons. The van der Waals surface area contributed by atoms with Gasteiger partial charge in [0, 0.05) is 22.3 Å². The third-order valence-corrected chi connectivity index (χ3v) is 5.08. The van der Waals surface area contributed by atoms with E-state index in [-0.39, 0.29) is 11.9 Å². The molecule has 0 radical (unpaired) electrons. The summed E-state index contributed by atoms with van der Waals surface area (Å²) in [6.45, 7) is 7.66. The Labute approximate surface area is 125 Å². The van der Waals surface area contributed by atoms with Crippen LogP contribution in [-0.2, 0) is 16.1 Å². The quantitative estimate of drug-likeness (QED) is 0.844. The van der Waals surface area contributed by atoms with Crippen molar-refractivity contribution in [1.82, 2.24) is 5.32 Å². The standard InChI is InChI=1S/C16H25NO2S/c1-4-19-16(18)13-5-7-15(8-6-13)17-10-14-9-11(2)20-12(14)3/h9,13,15,17H,4-8,10H2,1-3H3. The lowest BCUT2D eigenvalue weighted by molar-refractivity contribution is -0.149. The summed E-state index contributed by atoms with van der Waals surface area (Å²) in [5.74, 6) is 0.119. The minimum atomic E-state index is -0.00439. The van der Waals surface area contributed by atoms with Crippen LogP contribution in [0.4, 0.5) is 0 Å². The molecule has 0 saturated heterocycles. The van der Waals surface area contributed by atoms with Gasteiger partial charge in [-0.3, -0.25) is 4.79 Å². The van der Waals surface area contributed by atoms with Gasteiger partial charge < -0.3 is 10.1 Å². The number of hydrogen-bond donors (Lipinski definition) is 1. The third kappa shape index (κ3) is 4.06. The maximum absolute atomic E-state index is 11.7. The number of rotatable bonds is 5. The van der Waals surface area contributed by atoms with Crippen LogP contribution in [0.2, 0.25) is 0 Å². The summed E-state index contributed by atoms with van der Waals surface area (Å²) >= 11 is 1.86. The molecule has 1 N–H and O–H groups in total. The van der Waals surface area contributed by atoms with Gasteiger partial charge in [-0.15, -0.1) is 11.3 Å².